The number of anilines is 1. The third kappa shape index (κ3) is 6.45. The maximum atomic E-state index is 13.2. The lowest BCUT2D eigenvalue weighted by atomic mass is 10.0. The number of rotatable bonds is 9. The van der Waals surface area contributed by atoms with Gasteiger partial charge < -0.3 is 14.5 Å². The zero-order chi connectivity index (χ0) is 24.5. The van der Waals surface area contributed by atoms with E-state index in [1.54, 1.807) is 17.1 Å². The Bertz CT molecular complexity index is 1220. The van der Waals surface area contributed by atoms with E-state index in [1.165, 1.54) is 0 Å². The van der Waals surface area contributed by atoms with Gasteiger partial charge in [0.25, 0.3) is 0 Å². The monoisotopic (exact) mass is 470 g/mol. The summed E-state index contributed by atoms with van der Waals surface area (Å²) in [7, 11) is 0. The smallest absolute Gasteiger partial charge is 0.306 e. The van der Waals surface area contributed by atoms with Crippen molar-refractivity contribution >= 4 is 17.6 Å². The summed E-state index contributed by atoms with van der Waals surface area (Å²) in [5.41, 5.74) is 4.39. The number of fused-ring (bicyclic) bond motifs is 2. The molecule has 0 aromatic heterocycles. The van der Waals surface area contributed by atoms with Crippen LogP contribution in [0.15, 0.2) is 77.7 Å². The summed E-state index contributed by atoms with van der Waals surface area (Å²) in [6.45, 7) is 0.564. The first-order chi connectivity index (χ1) is 17.1. The van der Waals surface area contributed by atoms with Crippen LogP contribution in [-0.4, -0.2) is 24.6 Å². The number of hydrogen-bond donors (Lipinski definition) is 0. The molecular weight excluding hydrogens is 444 g/mol. The molecule has 1 aliphatic carbocycles. The average molecular weight is 471 g/mol. The van der Waals surface area contributed by atoms with Gasteiger partial charge in [-0.25, -0.2) is 0 Å². The normalized spacial score (nSPS) is 15.8. The van der Waals surface area contributed by atoms with Crippen LogP contribution in [0.5, 0.6) is 0 Å². The molecule has 0 bridgehead atoms. The fraction of sp³-hybridized carbons (Fsp3) is 0.286. The number of carbonyl (C=O) groups excluding carboxylic acids is 2. The number of ether oxygens (including phenoxy) is 1. The van der Waals surface area contributed by atoms with Crippen molar-refractivity contribution < 1.29 is 19.2 Å². The number of esters is 1. The van der Waals surface area contributed by atoms with Crippen molar-refractivity contribution in [1.82, 2.24) is 0 Å². The minimum atomic E-state index is -0.337. The van der Waals surface area contributed by atoms with Crippen molar-refractivity contribution in [3.63, 3.8) is 0 Å². The molecule has 0 spiro atoms. The van der Waals surface area contributed by atoms with Crippen LogP contribution in [0.3, 0.4) is 0 Å². The van der Waals surface area contributed by atoms with Crippen LogP contribution >= 0.6 is 0 Å². The molecule has 0 fully saturated rings. The molecule has 1 atom stereocenters. The molecule has 7 nitrogen and oxygen atoms in total. The predicted octanol–water partition coefficient (Wildman–Crippen LogP) is 4.99. The zero-order valence-corrected chi connectivity index (χ0v) is 19.3. The highest BCUT2D eigenvalue weighted by Crippen LogP contribution is 2.26. The van der Waals surface area contributed by atoms with Crippen molar-refractivity contribution in [2.45, 2.75) is 44.8 Å². The Hall–Kier alpha value is -4.18. The average Bonchev–Trinajstić information content (AvgIpc) is 2.87. The summed E-state index contributed by atoms with van der Waals surface area (Å²) in [5.74, 6) is 6.13. The number of unbranched alkanes of at least 4 members (excludes halogenated alkanes) is 1. The Kier molecular flexibility index (Phi) is 8.08. The molecule has 0 saturated carbocycles. The summed E-state index contributed by atoms with van der Waals surface area (Å²) in [5, 5.41) is 2.37. The number of amides is 1. The SMILES string of the molecule is O=NOCC1=CCC(OC(=O)CCCCC(=O)N2Cc3ccccc3C#Cc3ccccc32)C=C1. The second kappa shape index (κ2) is 11.8. The van der Waals surface area contributed by atoms with Gasteiger partial charge in [-0.3, -0.25) is 9.59 Å². The molecule has 2 aliphatic rings. The molecule has 0 radical (unpaired) electrons. The number of para-hydroxylation sites is 1. The van der Waals surface area contributed by atoms with E-state index < -0.39 is 0 Å². The highest BCUT2D eigenvalue weighted by atomic mass is 16.7. The van der Waals surface area contributed by atoms with E-state index in [0.717, 1.165) is 28.0 Å². The van der Waals surface area contributed by atoms with Crippen molar-refractivity contribution in [1.29, 1.82) is 0 Å². The maximum Gasteiger partial charge on any atom is 0.306 e. The van der Waals surface area contributed by atoms with Crippen LogP contribution in [0.4, 0.5) is 5.69 Å². The number of nitrogens with zero attached hydrogens (tertiary/aromatic N) is 2. The van der Waals surface area contributed by atoms with Gasteiger partial charge in [-0.2, -0.15) is 0 Å². The van der Waals surface area contributed by atoms with E-state index in [2.05, 4.69) is 22.0 Å². The van der Waals surface area contributed by atoms with Gasteiger partial charge in [0.05, 0.1) is 12.2 Å². The molecule has 1 amide bonds. The van der Waals surface area contributed by atoms with E-state index in [0.29, 0.717) is 32.2 Å². The van der Waals surface area contributed by atoms with Crippen LogP contribution in [0.1, 0.15) is 48.8 Å². The van der Waals surface area contributed by atoms with Gasteiger partial charge >= 0.3 is 5.97 Å². The molecule has 2 aromatic rings. The molecular formula is C28H26N2O5. The Labute approximate surface area is 204 Å². The molecule has 4 rings (SSSR count). The molecule has 0 saturated heterocycles. The maximum absolute atomic E-state index is 13.2. The van der Waals surface area contributed by atoms with Gasteiger partial charge in [0.15, 0.2) is 5.34 Å². The predicted molar refractivity (Wildman–Crippen MR) is 132 cm³/mol. The van der Waals surface area contributed by atoms with Crippen LogP contribution < -0.4 is 4.90 Å². The molecule has 178 valence electrons. The lowest BCUT2D eigenvalue weighted by Crippen LogP contribution is -2.31. The molecule has 7 heteroatoms. The summed E-state index contributed by atoms with van der Waals surface area (Å²) in [6, 6.07) is 15.6. The van der Waals surface area contributed by atoms with Gasteiger partial charge in [0.2, 0.25) is 5.91 Å². The standard InChI is InChI=1S/C28H26N2O5/c31-27(11-5-6-12-28(32)35-25-17-13-21(14-18-25)20-34-29-33)30-19-24-9-2-1-7-22(24)15-16-23-8-3-4-10-26(23)30/h1-4,7-10,13-14,17,25H,5-6,11-12,18-20H2. The minimum Gasteiger partial charge on any atom is -0.458 e. The fourth-order valence-electron chi connectivity index (χ4n) is 4.06. The third-order valence-electron chi connectivity index (χ3n) is 5.90. The highest BCUT2D eigenvalue weighted by molar-refractivity contribution is 5.95. The molecule has 2 aromatic carbocycles. The van der Waals surface area contributed by atoms with E-state index in [1.807, 2.05) is 54.6 Å². The first kappa shape index (κ1) is 24.0. The van der Waals surface area contributed by atoms with E-state index in [-0.39, 0.29) is 31.0 Å². The van der Waals surface area contributed by atoms with Crippen LogP contribution in [-0.2, 0) is 25.7 Å². The fourth-order valence-corrected chi connectivity index (χ4v) is 4.06. The van der Waals surface area contributed by atoms with Gasteiger partial charge in [0.1, 0.15) is 12.7 Å². The second-order valence-electron chi connectivity index (χ2n) is 8.36. The summed E-state index contributed by atoms with van der Waals surface area (Å²) >= 11 is 0. The second-order valence-corrected chi connectivity index (χ2v) is 8.36. The Morgan fingerprint density at radius 1 is 1.00 bits per heavy atom. The lowest BCUT2D eigenvalue weighted by Gasteiger charge is -2.26. The van der Waals surface area contributed by atoms with Crippen LogP contribution in [0.25, 0.3) is 0 Å². The molecule has 0 N–H and O–H groups in total. The number of carbonyl (C=O) groups is 2. The van der Waals surface area contributed by atoms with E-state index in [9.17, 15) is 14.5 Å². The Morgan fingerprint density at radius 2 is 1.74 bits per heavy atom. The quantitative estimate of drug-likeness (QED) is 0.169. The molecule has 1 aliphatic heterocycles. The zero-order valence-electron chi connectivity index (χ0n) is 19.3. The van der Waals surface area contributed by atoms with Crippen molar-refractivity contribution in [2.75, 3.05) is 11.5 Å². The summed E-state index contributed by atoms with van der Waals surface area (Å²) in [4.78, 5) is 41.7. The van der Waals surface area contributed by atoms with Crippen LogP contribution in [0.2, 0.25) is 0 Å². The Morgan fingerprint density at radius 3 is 2.54 bits per heavy atom. The van der Waals surface area contributed by atoms with Gasteiger partial charge in [-0.15, -0.1) is 4.91 Å². The summed E-state index contributed by atoms with van der Waals surface area (Å²) in [6.07, 6.45) is 7.29. The minimum absolute atomic E-state index is 0.00392. The molecule has 1 heterocycles. The number of hydrogen-bond acceptors (Lipinski definition) is 6. The highest BCUT2D eigenvalue weighted by Gasteiger charge is 2.21. The summed E-state index contributed by atoms with van der Waals surface area (Å²) < 4.78 is 5.48. The van der Waals surface area contributed by atoms with Crippen molar-refractivity contribution in [3.05, 3.63) is 93.9 Å². The van der Waals surface area contributed by atoms with Gasteiger partial charge in [-0.1, -0.05) is 54.3 Å². The largest absolute Gasteiger partial charge is 0.458 e. The third-order valence-corrected chi connectivity index (χ3v) is 5.90. The lowest BCUT2D eigenvalue weighted by molar-refractivity contribution is -0.147. The number of benzene rings is 2. The first-order valence-electron chi connectivity index (χ1n) is 11.6. The Balaban J connectivity index is 1.28. The first-order valence-corrected chi connectivity index (χ1v) is 11.6. The van der Waals surface area contributed by atoms with E-state index >= 15 is 0 Å². The van der Waals surface area contributed by atoms with Gasteiger partial charge in [0, 0.05) is 30.4 Å². The van der Waals surface area contributed by atoms with E-state index in [4.69, 9.17) is 4.74 Å². The topological polar surface area (TPSA) is 85.3 Å². The van der Waals surface area contributed by atoms with Gasteiger partial charge in [-0.05, 0) is 48.3 Å². The van der Waals surface area contributed by atoms with Crippen molar-refractivity contribution in [3.8, 4) is 11.8 Å². The molecule has 1 unspecified atom stereocenters. The van der Waals surface area contributed by atoms with Crippen LogP contribution in [0, 0.1) is 16.7 Å². The van der Waals surface area contributed by atoms with Crippen molar-refractivity contribution in [2.24, 2.45) is 5.34 Å². The molecule has 35 heavy (non-hydrogen) atoms.